The lowest BCUT2D eigenvalue weighted by molar-refractivity contribution is 0.174. The van der Waals surface area contributed by atoms with Gasteiger partial charge in [0.25, 0.3) is 0 Å². The highest BCUT2D eigenvalue weighted by atomic mass is 15.3. The van der Waals surface area contributed by atoms with Crippen LogP contribution >= 0.6 is 0 Å². The van der Waals surface area contributed by atoms with Gasteiger partial charge in [-0.1, -0.05) is 83.2 Å². The zero-order valence-corrected chi connectivity index (χ0v) is 30.8. The molecule has 2 fully saturated rings. The molecule has 2 heterocycles. The van der Waals surface area contributed by atoms with Crippen LogP contribution in [-0.2, 0) is 18.4 Å². The quantitative estimate of drug-likeness (QED) is 0.185. The number of aryl methyl sites for hydroxylation is 3. The minimum atomic E-state index is -0.0421. The predicted octanol–water partition coefficient (Wildman–Crippen LogP) is 12.0. The Morgan fingerprint density at radius 3 is 2.32 bits per heavy atom. The molecule has 2 aliphatic carbocycles. The summed E-state index contributed by atoms with van der Waals surface area (Å²) in [6.45, 7) is 22.5. The van der Waals surface area contributed by atoms with E-state index in [4.69, 9.17) is 16.7 Å². The fourth-order valence-electron chi connectivity index (χ4n) is 7.67. The fraction of sp³-hybridized carbons (Fsp3) is 0.581. The van der Waals surface area contributed by atoms with E-state index < -0.39 is 0 Å². The number of aromatic nitrogens is 3. The monoisotopic (exact) mass is 637 g/mol. The highest BCUT2D eigenvalue weighted by Crippen LogP contribution is 2.44. The summed E-state index contributed by atoms with van der Waals surface area (Å²) in [6, 6.07) is 11.6. The Morgan fingerprint density at radius 2 is 1.70 bits per heavy atom. The maximum Gasteiger partial charge on any atom is 0.133 e. The van der Waals surface area contributed by atoms with Crippen LogP contribution in [0.3, 0.4) is 0 Å². The molecule has 3 aromatic rings. The van der Waals surface area contributed by atoms with Gasteiger partial charge in [-0.05, 0) is 131 Å². The number of hydrogen-bond donors (Lipinski definition) is 0. The van der Waals surface area contributed by atoms with Gasteiger partial charge in [0.1, 0.15) is 5.82 Å². The van der Waals surface area contributed by atoms with Crippen LogP contribution in [-0.4, -0.2) is 21.3 Å². The molecule has 0 atom stereocenters. The summed E-state index contributed by atoms with van der Waals surface area (Å²) in [7, 11) is 0. The zero-order valence-electron chi connectivity index (χ0n) is 30.8. The van der Waals surface area contributed by atoms with Crippen LogP contribution < -0.4 is 4.90 Å². The topological polar surface area (TPSA) is 34.0 Å². The lowest BCUT2D eigenvalue weighted by atomic mass is 9.70. The number of benzene rings is 1. The van der Waals surface area contributed by atoms with E-state index in [-0.39, 0.29) is 5.54 Å². The third-order valence-corrected chi connectivity index (χ3v) is 10.7. The summed E-state index contributed by atoms with van der Waals surface area (Å²) < 4.78 is 2.06. The van der Waals surface area contributed by atoms with E-state index in [0.717, 1.165) is 30.8 Å². The molecular weight excluding hydrogens is 573 g/mol. The second kappa shape index (κ2) is 17.3. The molecule has 256 valence electrons. The number of nitrogens with zero attached hydrogens (tertiary/aromatic N) is 4. The van der Waals surface area contributed by atoms with Gasteiger partial charge in [-0.2, -0.15) is 5.10 Å². The van der Waals surface area contributed by atoms with Crippen molar-refractivity contribution < 1.29 is 0 Å². The van der Waals surface area contributed by atoms with Gasteiger partial charge in [-0.3, -0.25) is 4.68 Å². The molecule has 0 N–H and O–H groups in total. The Labute approximate surface area is 287 Å². The van der Waals surface area contributed by atoms with Crippen molar-refractivity contribution in [3.8, 4) is 11.1 Å². The third kappa shape index (κ3) is 10.2. The average Bonchev–Trinajstić information content (AvgIpc) is 3.60. The molecule has 0 saturated heterocycles. The minimum Gasteiger partial charge on any atom is -0.330 e. The maximum atomic E-state index is 5.03. The molecule has 47 heavy (non-hydrogen) atoms. The van der Waals surface area contributed by atoms with Crippen molar-refractivity contribution in [1.82, 2.24) is 14.8 Å². The Kier molecular flexibility index (Phi) is 13.5. The summed E-state index contributed by atoms with van der Waals surface area (Å²) in [6.07, 6.45) is 27.1. The number of pyridine rings is 1. The molecule has 2 saturated carbocycles. The third-order valence-electron chi connectivity index (χ3n) is 10.7. The number of rotatable bonds is 12. The largest absolute Gasteiger partial charge is 0.330 e. The van der Waals surface area contributed by atoms with Crippen LogP contribution in [0, 0.1) is 18.3 Å². The lowest BCUT2D eigenvalue weighted by Crippen LogP contribution is -2.41. The van der Waals surface area contributed by atoms with E-state index >= 15 is 0 Å². The van der Waals surface area contributed by atoms with Gasteiger partial charge < -0.3 is 4.90 Å². The lowest BCUT2D eigenvalue weighted by Gasteiger charge is -2.44. The first-order valence-corrected chi connectivity index (χ1v) is 18.8. The van der Waals surface area contributed by atoms with E-state index in [1.807, 2.05) is 18.5 Å². The number of hydrogen-bond acceptors (Lipinski definition) is 3. The van der Waals surface area contributed by atoms with E-state index in [9.17, 15) is 0 Å². The Hall–Kier alpha value is -3.14. The highest BCUT2D eigenvalue weighted by Gasteiger charge is 2.36. The van der Waals surface area contributed by atoms with Crippen molar-refractivity contribution in [2.75, 3.05) is 11.4 Å². The molecule has 2 aliphatic rings. The molecule has 0 spiro atoms. The molecule has 0 unspecified atom stereocenters. The standard InChI is InChI=1S/C39H56N4.C4H8/c1-7-33-19-18-32(25-30(33)2)15-14-23-39(21-12-9-13-22-39)29-42(31(3)34-16-10-8-11-17-34)37-26-35(20-24-40-37)36-27-41-43(28-36)38(4,5)6;1-3-4-2/h18-20,24-28,34H,3,7-17,21-23,29H2,1-2,4-6H3;3H,1,4H2,2H3. The molecule has 0 aliphatic heterocycles. The van der Waals surface area contributed by atoms with Crippen LogP contribution in [0.25, 0.3) is 11.1 Å². The van der Waals surface area contributed by atoms with Gasteiger partial charge in [0.05, 0.1) is 11.7 Å². The summed E-state index contributed by atoms with van der Waals surface area (Å²) in [5, 5.41) is 4.69. The minimum absolute atomic E-state index is 0.0421. The van der Waals surface area contributed by atoms with Crippen molar-refractivity contribution >= 4 is 5.82 Å². The molecule has 5 rings (SSSR count). The summed E-state index contributed by atoms with van der Waals surface area (Å²) in [5.74, 6) is 1.62. The van der Waals surface area contributed by atoms with Crippen molar-refractivity contribution in [1.29, 1.82) is 0 Å². The van der Waals surface area contributed by atoms with Gasteiger partial charge in [-0.25, -0.2) is 4.98 Å². The molecule has 1 aromatic carbocycles. The fourth-order valence-corrected chi connectivity index (χ4v) is 7.67. The highest BCUT2D eigenvalue weighted by molar-refractivity contribution is 5.66. The van der Waals surface area contributed by atoms with Crippen LogP contribution in [0.1, 0.15) is 135 Å². The van der Waals surface area contributed by atoms with Crippen molar-refractivity contribution in [3.63, 3.8) is 0 Å². The van der Waals surface area contributed by atoms with Gasteiger partial charge in [-0.15, -0.1) is 6.58 Å². The summed E-state index contributed by atoms with van der Waals surface area (Å²) in [4.78, 5) is 7.59. The van der Waals surface area contributed by atoms with Gasteiger partial charge in [0.15, 0.2) is 0 Å². The van der Waals surface area contributed by atoms with E-state index in [2.05, 4.69) is 94.2 Å². The van der Waals surface area contributed by atoms with Gasteiger partial charge in [0, 0.05) is 30.2 Å². The Bertz CT molecular complexity index is 1410. The molecule has 0 amide bonds. The molecule has 4 heteroatoms. The first kappa shape index (κ1) is 36.7. The normalized spacial score (nSPS) is 16.6. The molecule has 0 radical (unpaired) electrons. The SMILES string of the molecule is C=C(C1CCCCC1)N(CC1(CCCc2ccc(CC)c(C)c2)CCCCC1)c1cc(-c2cnn(C(C)(C)C)c2)ccn1.C=CCC. The first-order chi connectivity index (χ1) is 22.6. The van der Waals surface area contributed by atoms with E-state index in [0.29, 0.717) is 11.3 Å². The maximum absolute atomic E-state index is 5.03. The molecular formula is C43H64N4. The van der Waals surface area contributed by atoms with Crippen molar-refractivity contribution in [3.05, 3.63) is 90.5 Å². The Balaban J connectivity index is 0.00000118. The zero-order chi connectivity index (χ0) is 33.9. The van der Waals surface area contributed by atoms with Gasteiger partial charge in [0.2, 0.25) is 0 Å². The first-order valence-electron chi connectivity index (χ1n) is 18.8. The number of allylic oxidation sites excluding steroid dienone is 2. The van der Waals surface area contributed by atoms with Crippen molar-refractivity contribution in [2.45, 2.75) is 143 Å². The van der Waals surface area contributed by atoms with E-state index in [1.165, 1.54) is 111 Å². The van der Waals surface area contributed by atoms with Crippen LogP contribution in [0.4, 0.5) is 5.82 Å². The van der Waals surface area contributed by atoms with Crippen LogP contribution in [0.2, 0.25) is 0 Å². The summed E-state index contributed by atoms with van der Waals surface area (Å²) in [5.41, 5.74) is 8.32. The smallest absolute Gasteiger partial charge is 0.133 e. The van der Waals surface area contributed by atoms with Gasteiger partial charge >= 0.3 is 0 Å². The second-order valence-corrected chi connectivity index (χ2v) is 15.4. The van der Waals surface area contributed by atoms with Crippen LogP contribution in [0.15, 0.2) is 73.9 Å². The Morgan fingerprint density at radius 1 is 1.00 bits per heavy atom. The van der Waals surface area contributed by atoms with Crippen molar-refractivity contribution in [2.24, 2.45) is 11.3 Å². The predicted molar refractivity (Wildman–Crippen MR) is 203 cm³/mol. The second-order valence-electron chi connectivity index (χ2n) is 15.4. The number of anilines is 1. The van der Waals surface area contributed by atoms with Crippen LogP contribution in [0.5, 0.6) is 0 Å². The average molecular weight is 637 g/mol. The summed E-state index contributed by atoms with van der Waals surface area (Å²) >= 11 is 0. The molecule has 0 bridgehead atoms. The molecule has 2 aromatic heterocycles. The molecule has 4 nitrogen and oxygen atoms in total. The van der Waals surface area contributed by atoms with E-state index in [1.54, 1.807) is 0 Å².